The molecule has 2 N–H and O–H groups in total. The van der Waals surface area contributed by atoms with Crippen molar-refractivity contribution in [1.29, 1.82) is 0 Å². The first-order valence-electron chi connectivity index (χ1n) is 14.6. The van der Waals surface area contributed by atoms with E-state index in [4.69, 9.17) is 4.74 Å². The van der Waals surface area contributed by atoms with Crippen LogP contribution in [-0.4, -0.2) is 62.3 Å². The number of hydrogen-bond acceptors (Lipinski definition) is 6. The van der Waals surface area contributed by atoms with Crippen LogP contribution in [0.4, 0.5) is 5.69 Å². The maximum atomic E-state index is 12.6. The lowest BCUT2D eigenvalue weighted by Gasteiger charge is -2.36. The molecule has 1 saturated heterocycles. The lowest BCUT2D eigenvalue weighted by molar-refractivity contribution is -0.123. The molecule has 1 heterocycles. The summed E-state index contributed by atoms with van der Waals surface area (Å²) in [7, 11) is 0. The largest absolute Gasteiger partial charge is 0.484 e. The molecule has 0 aromatic heterocycles. The van der Waals surface area contributed by atoms with Crippen LogP contribution in [0.3, 0.4) is 0 Å². The van der Waals surface area contributed by atoms with Crippen LogP contribution < -0.4 is 20.4 Å². The van der Waals surface area contributed by atoms with Crippen molar-refractivity contribution in [1.82, 2.24) is 15.6 Å². The highest BCUT2D eigenvalue weighted by Gasteiger charge is 2.17. The third-order valence-electron chi connectivity index (χ3n) is 7.32. The van der Waals surface area contributed by atoms with E-state index in [1.807, 2.05) is 72.8 Å². The van der Waals surface area contributed by atoms with Gasteiger partial charge in [0.05, 0.1) is 6.21 Å². The molecule has 0 atom stereocenters. The third-order valence-corrected chi connectivity index (χ3v) is 7.32. The number of anilines is 1. The van der Waals surface area contributed by atoms with E-state index in [9.17, 15) is 9.59 Å². The molecule has 0 radical (unpaired) electrons. The van der Waals surface area contributed by atoms with Gasteiger partial charge in [-0.15, -0.1) is 0 Å². The van der Waals surface area contributed by atoms with E-state index < -0.39 is 0 Å². The molecule has 8 heteroatoms. The number of rotatable bonds is 12. The van der Waals surface area contributed by atoms with Crippen molar-refractivity contribution in [2.45, 2.75) is 13.0 Å². The number of piperazine rings is 1. The first-order chi connectivity index (χ1) is 21.1. The lowest BCUT2D eigenvalue weighted by Crippen LogP contribution is -2.45. The molecule has 1 fully saturated rings. The highest BCUT2D eigenvalue weighted by atomic mass is 16.5. The number of carbonyl (C=O) groups is 2. The van der Waals surface area contributed by atoms with Crippen molar-refractivity contribution in [2.75, 3.05) is 44.2 Å². The van der Waals surface area contributed by atoms with Crippen LogP contribution in [0, 0.1) is 0 Å². The first-order valence-corrected chi connectivity index (χ1v) is 14.6. The number of carbonyl (C=O) groups excluding carboxylic acids is 2. The molecule has 4 aromatic rings. The third kappa shape index (κ3) is 9.28. The van der Waals surface area contributed by atoms with Crippen LogP contribution >= 0.6 is 0 Å². The van der Waals surface area contributed by atoms with Crippen LogP contribution in [0.5, 0.6) is 5.75 Å². The molecule has 220 valence electrons. The lowest BCUT2D eigenvalue weighted by atomic mass is 10.1. The normalized spacial score (nSPS) is 13.5. The van der Waals surface area contributed by atoms with E-state index in [0.29, 0.717) is 17.9 Å². The second-order valence-corrected chi connectivity index (χ2v) is 10.4. The van der Waals surface area contributed by atoms with Gasteiger partial charge in [0, 0.05) is 50.5 Å². The Morgan fingerprint density at radius 3 is 2.14 bits per heavy atom. The summed E-state index contributed by atoms with van der Waals surface area (Å²) in [5.74, 6) is 0.147. The highest BCUT2D eigenvalue weighted by Crippen LogP contribution is 2.17. The van der Waals surface area contributed by atoms with Gasteiger partial charge in [-0.05, 0) is 71.6 Å². The summed E-state index contributed by atoms with van der Waals surface area (Å²) in [6.07, 6.45) is 2.34. The Hall–Kier alpha value is -4.95. The van der Waals surface area contributed by atoms with Gasteiger partial charge in [0.15, 0.2) is 6.61 Å². The maximum Gasteiger partial charge on any atom is 0.271 e. The number of para-hydroxylation sites is 1. The summed E-state index contributed by atoms with van der Waals surface area (Å²) >= 11 is 0. The van der Waals surface area contributed by atoms with Gasteiger partial charge in [0.1, 0.15) is 5.75 Å². The van der Waals surface area contributed by atoms with Crippen LogP contribution in [0.15, 0.2) is 114 Å². The van der Waals surface area contributed by atoms with Gasteiger partial charge < -0.3 is 15.0 Å². The predicted octanol–water partition coefficient (Wildman–Crippen LogP) is 4.51. The highest BCUT2D eigenvalue weighted by molar-refractivity contribution is 5.94. The van der Waals surface area contributed by atoms with Gasteiger partial charge in [0.2, 0.25) is 0 Å². The smallest absolute Gasteiger partial charge is 0.271 e. The fourth-order valence-electron chi connectivity index (χ4n) is 4.89. The SMILES string of the molecule is O=C(COc1ccc(/C=N\NC(=O)c2ccc(CN3CCN(c4ccccc4)CC3)cc2)cc1)NCCc1ccccc1. The fourth-order valence-corrected chi connectivity index (χ4v) is 4.89. The Morgan fingerprint density at radius 2 is 1.44 bits per heavy atom. The van der Waals surface area contributed by atoms with E-state index in [1.54, 1.807) is 18.3 Å². The van der Waals surface area contributed by atoms with E-state index in [-0.39, 0.29) is 18.4 Å². The van der Waals surface area contributed by atoms with Crippen molar-refractivity contribution in [2.24, 2.45) is 5.10 Å². The van der Waals surface area contributed by atoms with Crippen molar-refractivity contribution in [3.05, 3.63) is 131 Å². The molecule has 1 aliphatic rings. The summed E-state index contributed by atoms with van der Waals surface area (Å²) in [4.78, 5) is 29.5. The second kappa shape index (κ2) is 15.3. The Balaban J connectivity index is 0.993. The van der Waals surface area contributed by atoms with E-state index in [1.165, 1.54) is 16.8 Å². The molecular weight excluding hydrogens is 538 g/mol. The molecule has 4 aromatic carbocycles. The Morgan fingerprint density at radius 1 is 0.767 bits per heavy atom. The second-order valence-electron chi connectivity index (χ2n) is 10.4. The monoisotopic (exact) mass is 575 g/mol. The number of amides is 2. The van der Waals surface area contributed by atoms with Gasteiger partial charge in [-0.25, -0.2) is 5.43 Å². The summed E-state index contributed by atoms with van der Waals surface area (Å²) < 4.78 is 5.58. The van der Waals surface area contributed by atoms with Gasteiger partial charge in [-0.2, -0.15) is 5.10 Å². The Bertz CT molecular complexity index is 1470. The van der Waals surface area contributed by atoms with Gasteiger partial charge >= 0.3 is 0 Å². The number of hydrazone groups is 1. The van der Waals surface area contributed by atoms with Gasteiger partial charge in [0.25, 0.3) is 11.8 Å². The minimum Gasteiger partial charge on any atom is -0.484 e. The van der Waals surface area contributed by atoms with Crippen molar-refractivity contribution in [3.8, 4) is 5.75 Å². The molecule has 0 unspecified atom stereocenters. The van der Waals surface area contributed by atoms with Crippen LogP contribution in [0.2, 0.25) is 0 Å². The summed E-state index contributed by atoms with van der Waals surface area (Å²) in [5, 5.41) is 6.95. The van der Waals surface area contributed by atoms with Crippen LogP contribution in [0.1, 0.15) is 27.0 Å². The number of hydrogen-bond donors (Lipinski definition) is 2. The van der Waals surface area contributed by atoms with E-state index in [2.05, 4.69) is 49.9 Å². The van der Waals surface area contributed by atoms with Crippen LogP contribution in [0.25, 0.3) is 0 Å². The zero-order valence-electron chi connectivity index (χ0n) is 24.2. The minimum atomic E-state index is -0.266. The number of nitrogens with one attached hydrogen (secondary N) is 2. The number of nitrogens with zero attached hydrogens (tertiary/aromatic N) is 3. The molecule has 8 nitrogen and oxygen atoms in total. The zero-order valence-corrected chi connectivity index (χ0v) is 24.2. The summed E-state index contributed by atoms with van der Waals surface area (Å²) in [6.45, 7) is 5.39. The standard InChI is InChI=1S/C35H37N5O3/c41-34(36-20-19-28-7-3-1-4-8-28)27-43-33-17-13-29(14-18-33)25-37-38-35(42)31-15-11-30(12-16-31)26-39-21-23-40(24-22-39)32-9-5-2-6-10-32/h1-18,25H,19-24,26-27H2,(H,36,41)(H,38,42)/b37-25-. The fraction of sp³-hybridized carbons (Fsp3) is 0.229. The van der Waals surface area contributed by atoms with Crippen molar-refractivity contribution >= 4 is 23.7 Å². The molecule has 1 aliphatic heterocycles. The number of benzene rings is 4. The Labute approximate surface area is 253 Å². The molecule has 0 bridgehead atoms. The summed E-state index contributed by atoms with van der Waals surface area (Å²) in [5.41, 5.74) is 7.57. The first kappa shape index (κ1) is 29.5. The topological polar surface area (TPSA) is 86.3 Å². The maximum absolute atomic E-state index is 12.6. The molecule has 5 rings (SSSR count). The summed E-state index contributed by atoms with van der Waals surface area (Å²) in [6, 6.07) is 35.4. The molecular formula is C35H37N5O3. The van der Waals surface area contributed by atoms with Crippen molar-refractivity contribution < 1.29 is 14.3 Å². The van der Waals surface area contributed by atoms with Crippen molar-refractivity contribution in [3.63, 3.8) is 0 Å². The average Bonchev–Trinajstić information content (AvgIpc) is 3.06. The molecule has 0 saturated carbocycles. The van der Waals surface area contributed by atoms with Gasteiger partial charge in [-0.1, -0.05) is 60.7 Å². The molecule has 0 aliphatic carbocycles. The Kier molecular flexibility index (Phi) is 10.5. The van der Waals surface area contributed by atoms with E-state index in [0.717, 1.165) is 44.7 Å². The predicted molar refractivity (Wildman–Crippen MR) is 171 cm³/mol. The minimum absolute atomic E-state index is 0.0536. The zero-order chi connectivity index (χ0) is 29.7. The van der Waals surface area contributed by atoms with Crippen LogP contribution in [-0.2, 0) is 17.8 Å². The quantitative estimate of drug-likeness (QED) is 0.192. The average molecular weight is 576 g/mol. The molecule has 2 amide bonds. The van der Waals surface area contributed by atoms with E-state index >= 15 is 0 Å². The number of ether oxygens (including phenoxy) is 1. The molecule has 43 heavy (non-hydrogen) atoms. The molecule has 0 spiro atoms. The van der Waals surface area contributed by atoms with Gasteiger partial charge in [-0.3, -0.25) is 14.5 Å².